The highest BCUT2D eigenvalue weighted by Gasteiger charge is 2.12. The summed E-state index contributed by atoms with van der Waals surface area (Å²) < 4.78 is 7.24. The molecule has 0 saturated heterocycles. The van der Waals surface area contributed by atoms with Crippen molar-refractivity contribution in [2.24, 2.45) is 0 Å². The number of furan rings is 1. The Kier molecular flexibility index (Phi) is 6.59. The van der Waals surface area contributed by atoms with E-state index in [1.165, 1.54) is 15.0 Å². The van der Waals surface area contributed by atoms with Crippen molar-refractivity contribution < 1.29 is 9.52 Å². The van der Waals surface area contributed by atoms with Gasteiger partial charge in [0.05, 0.1) is 0 Å². The Bertz CT molecular complexity index is 1790. The van der Waals surface area contributed by atoms with Gasteiger partial charge in [0.25, 0.3) is 0 Å². The summed E-state index contributed by atoms with van der Waals surface area (Å²) in [7, 11) is 0. The monoisotopic (exact) mass is 530 g/mol. The summed E-state index contributed by atoms with van der Waals surface area (Å²) in [6.45, 7) is 4.00. The molecule has 3 heterocycles. The summed E-state index contributed by atoms with van der Waals surface area (Å²) in [5, 5.41) is 13.2. The maximum Gasteiger partial charge on any atom is 0.135 e. The van der Waals surface area contributed by atoms with Crippen LogP contribution in [0.4, 0.5) is 0 Å². The van der Waals surface area contributed by atoms with E-state index in [4.69, 9.17) is 4.42 Å². The van der Waals surface area contributed by atoms with Crippen molar-refractivity contribution in [1.82, 2.24) is 0 Å². The lowest BCUT2D eigenvalue weighted by Gasteiger charge is -2.05. The molecule has 0 amide bonds. The van der Waals surface area contributed by atoms with Gasteiger partial charge in [-0.3, -0.25) is 0 Å². The minimum absolute atomic E-state index is 0.309. The Labute approximate surface area is 230 Å². The van der Waals surface area contributed by atoms with Gasteiger partial charge < -0.3 is 9.52 Å². The first kappa shape index (κ1) is 24.2. The average Bonchev–Trinajstić information content (AvgIpc) is 3.72. The minimum atomic E-state index is 0.309. The molecule has 4 heteroatoms. The van der Waals surface area contributed by atoms with E-state index in [1.807, 2.05) is 56.3 Å². The van der Waals surface area contributed by atoms with Gasteiger partial charge in [0, 0.05) is 35.8 Å². The highest BCUT2D eigenvalue weighted by atomic mass is 32.1. The average molecular weight is 531 g/mol. The fourth-order valence-corrected chi connectivity index (χ4v) is 6.68. The Morgan fingerprint density at radius 3 is 1.95 bits per heavy atom. The molecule has 0 unspecified atom stereocenters. The third-order valence-electron chi connectivity index (χ3n) is 6.46. The van der Waals surface area contributed by atoms with Crippen molar-refractivity contribution in [3.05, 3.63) is 115 Å². The van der Waals surface area contributed by atoms with Gasteiger partial charge in [0.15, 0.2) is 0 Å². The van der Waals surface area contributed by atoms with Gasteiger partial charge in [0.2, 0.25) is 0 Å². The molecule has 2 nitrogen and oxygen atoms in total. The highest BCUT2D eigenvalue weighted by molar-refractivity contribution is 7.22. The van der Waals surface area contributed by atoms with E-state index in [1.54, 1.807) is 22.7 Å². The Balaban J connectivity index is 0.00000129. The summed E-state index contributed by atoms with van der Waals surface area (Å²) in [4.78, 5) is 3.40. The number of fused-ring (bicyclic) bond motifs is 2. The number of phenols is 1. The van der Waals surface area contributed by atoms with Crippen LogP contribution in [-0.2, 0) is 0 Å². The SMILES string of the molecule is CC.Oc1cc(-c2ccc(-c3ccc(-c4cc5ccccc5o4)cc3)s2)ccc1-c1cc2ccccc2s1. The van der Waals surface area contributed by atoms with Gasteiger partial charge in [-0.25, -0.2) is 0 Å². The van der Waals surface area contributed by atoms with E-state index in [9.17, 15) is 5.11 Å². The van der Waals surface area contributed by atoms with Crippen LogP contribution < -0.4 is 0 Å². The second-order valence-electron chi connectivity index (χ2n) is 8.77. The van der Waals surface area contributed by atoms with E-state index in [2.05, 4.69) is 72.8 Å². The Hall–Kier alpha value is -4.12. The molecule has 1 N–H and O–H groups in total. The van der Waals surface area contributed by atoms with Crippen molar-refractivity contribution in [2.45, 2.75) is 13.8 Å². The lowest BCUT2D eigenvalue weighted by Crippen LogP contribution is -1.77. The zero-order valence-electron chi connectivity index (χ0n) is 21.1. The normalized spacial score (nSPS) is 11.0. The van der Waals surface area contributed by atoms with Gasteiger partial charge in [-0.1, -0.05) is 80.6 Å². The number of aromatic hydroxyl groups is 1. The van der Waals surface area contributed by atoms with Crippen LogP contribution in [0, 0.1) is 0 Å². The molecule has 186 valence electrons. The van der Waals surface area contributed by atoms with E-state index >= 15 is 0 Å². The summed E-state index contributed by atoms with van der Waals surface area (Å²) in [5.41, 5.74) is 5.03. The lowest BCUT2D eigenvalue weighted by atomic mass is 10.1. The molecule has 0 fully saturated rings. The number of hydrogen-bond acceptors (Lipinski definition) is 4. The molecule has 7 rings (SSSR count). The van der Waals surface area contributed by atoms with Crippen LogP contribution in [-0.4, -0.2) is 5.11 Å². The molecule has 0 aliphatic carbocycles. The van der Waals surface area contributed by atoms with Gasteiger partial charge >= 0.3 is 0 Å². The molecule has 3 aromatic heterocycles. The zero-order valence-corrected chi connectivity index (χ0v) is 22.8. The summed E-state index contributed by atoms with van der Waals surface area (Å²) in [5.74, 6) is 1.19. The van der Waals surface area contributed by atoms with Crippen LogP contribution in [0.5, 0.6) is 5.75 Å². The van der Waals surface area contributed by atoms with Gasteiger partial charge in [-0.05, 0) is 65.0 Å². The topological polar surface area (TPSA) is 33.4 Å². The fraction of sp³-hybridized carbons (Fsp3) is 0.0588. The third-order valence-corrected chi connectivity index (χ3v) is 8.79. The highest BCUT2D eigenvalue weighted by Crippen LogP contribution is 2.42. The second kappa shape index (κ2) is 10.3. The smallest absolute Gasteiger partial charge is 0.135 e. The van der Waals surface area contributed by atoms with Gasteiger partial charge in [-0.15, -0.1) is 22.7 Å². The van der Waals surface area contributed by atoms with Crippen LogP contribution in [0.25, 0.3) is 63.7 Å². The number of phenolic OH excluding ortho intramolecular Hbond substituents is 1. The third kappa shape index (κ3) is 4.53. The molecule has 0 radical (unpaired) electrons. The predicted molar refractivity (Wildman–Crippen MR) is 164 cm³/mol. The Morgan fingerprint density at radius 1 is 0.553 bits per heavy atom. The van der Waals surface area contributed by atoms with Gasteiger partial charge in [-0.2, -0.15) is 0 Å². The molecule has 7 aromatic rings. The molecule has 0 spiro atoms. The largest absolute Gasteiger partial charge is 0.507 e. The van der Waals surface area contributed by atoms with Crippen molar-refractivity contribution in [1.29, 1.82) is 0 Å². The van der Waals surface area contributed by atoms with Gasteiger partial charge in [0.1, 0.15) is 17.1 Å². The number of rotatable bonds is 4. The molecule has 0 saturated carbocycles. The number of hydrogen-bond donors (Lipinski definition) is 1. The number of para-hydroxylation sites is 1. The first-order chi connectivity index (χ1) is 18.7. The van der Waals surface area contributed by atoms with E-state index in [0.717, 1.165) is 48.7 Å². The van der Waals surface area contributed by atoms with Crippen molar-refractivity contribution in [3.63, 3.8) is 0 Å². The van der Waals surface area contributed by atoms with E-state index < -0.39 is 0 Å². The molecule has 0 atom stereocenters. The molecule has 0 aliphatic heterocycles. The molecular formula is C34H26O2S2. The summed E-state index contributed by atoms with van der Waals surface area (Å²) in [6.07, 6.45) is 0. The van der Waals surface area contributed by atoms with Crippen LogP contribution in [0.15, 0.2) is 120 Å². The summed E-state index contributed by atoms with van der Waals surface area (Å²) >= 11 is 3.43. The molecule has 0 bridgehead atoms. The minimum Gasteiger partial charge on any atom is -0.507 e. The van der Waals surface area contributed by atoms with Crippen LogP contribution in [0.1, 0.15) is 13.8 Å². The molecule has 38 heavy (non-hydrogen) atoms. The lowest BCUT2D eigenvalue weighted by molar-refractivity contribution is 0.478. The predicted octanol–water partition coefficient (Wildman–Crippen LogP) is 11.1. The number of thiophene rings is 2. The molecule has 0 aliphatic rings. The standard InChI is InChI=1S/C32H20O2S2.C2H6/c33-26-17-24(13-14-25(26)32-19-23-6-2-4-8-29(23)36-32)31-16-15-30(35-31)21-11-9-20(10-12-21)28-18-22-5-1-3-7-27(22)34-28;1-2/h1-19,33H;1-2H3. The second-order valence-corrected chi connectivity index (χ2v) is 10.9. The first-order valence-corrected chi connectivity index (χ1v) is 14.4. The van der Waals surface area contributed by atoms with Crippen LogP contribution in [0.3, 0.4) is 0 Å². The van der Waals surface area contributed by atoms with E-state index in [-0.39, 0.29) is 0 Å². The first-order valence-electron chi connectivity index (χ1n) is 12.7. The maximum atomic E-state index is 10.8. The maximum absolute atomic E-state index is 10.8. The summed E-state index contributed by atoms with van der Waals surface area (Å²) in [6, 6.07) is 39.4. The van der Waals surface area contributed by atoms with E-state index in [0.29, 0.717) is 5.75 Å². The van der Waals surface area contributed by atoms with Crippen LogP contribution in [0.2, 0.25) is 0 Å². The molecule has 4 aromatic carbocycles. The van der Waals surface area contributed by atoms with Crippen molar-refractivity contribution in [2.75, 3.05) is 0 Å². The van der Waals surface area contributed by atoms with Crippen molar-refractivity contribution in [3.8, 4) is 48.4 Å². The van der Waals surface area contributed by atoms with Crippen molar-refractivity contribution >= 4 is 43.7 Å². The Morgan fingerprint density at radius 2 is 1.21 bits per heavy atom. The zero-order chi connectivity index (χ0) is 26.1. The molecular weight excluding hydrogens is 505 g/mol. The number of benzene rings is 4. The van der Waals surface area contributed by atoms with Crippen LogP contribution >= 0.6 is 22.7 Å². The fourth-order valence-electron chi connectivity index (χ4n) is 4.58. The quantitative estimate of drug-likeness (QED) is 0.245.